The summed E-state index contributed by atoms with van der Waals surface area (Å²) in [5, 5.41) is 1.24. The highest BCUT2D eigenvalue weighted by Gasteiger charge is 2.33. The molecule has 0 saturated carbocycles. The Bertz CT molecular complexity index is 643. The average Bonchev–Trinajstić information content (AvgIpc) is 2.97. The zero-order valence-electron chi connectivity index (χ0n) is 12.5. The molecule has 0 bridgehead atoms. The number of amides is 1. The number of aryl methyl sites for hydroxylation is 1. The molecule has 0 saturated heterocycles. The maximum atomic E-state index is 12.5. The van der Waals surface area contributed by atoms with Crippen LogP contribution >= 0.6 is 11.3 Å². The number of aromatic nitrogens is 2. The summed E-state index contributed by atoms with van der Waals surface area (Å²) >= 11 is 0.908. The Morgan fingerprint density at radius 3 is 2.74 bits per heavy atom. The first-order chi connectivity index (χ1) is 10.9. The lowest BCUT2D eigenvalue weighted by molar-refractivity contribution is -0.140. The van der Waals surface area contributed by atoms with E-state index in [9.17, 15) is 18.0 Å². The lowest BCUT2D eigenvalue weighted by atomic mass is 10.1. The molecule has 4 nitrogen and oxygen atoms in total. The molecule has 1 amide bonds. The Hall–Kier alpha value is -1.96. The van der Waals surface area contributed by atoms with Crippen LogP contribution in [0, 0.1) is 0 Å². The Balaban J connectivity index is 1.79. The van der Waals surface area contributed by atoms with E-state index in [0.717, 1.165) is 22.4 Å². The fraction of sp³-hybridized carbons (Fsp3) is 0.400. The summed E-state index contributed by atoms with van der Waals surface area (Å²) < 4.78 is 37.4. The van der Waals surface area contributed by atoms with Crippen molar-refractivity contribution in [2.75, 3.05) is 7.05 Å². The van der Waals surface area contributed by atoms with Crippen molar-refractivity contribution in [2.45, 2.75) is 32.0 Å². The van der Waals surface area contributed by atoms with Gasteiger partial charge in [0.15, 0.2) is 5.69 Å². The SMILES string of the molecule is CN(Cc1nc(C(F)(F)F)cs1)C(=O)CCCc1ccccn1. The van der Waals surface area contributed by atoms with Gasteiger partial charge >= 0.3 is 6.18 Å². The van der Waals surface area contributed by atoms with Gasteiger partial charge in [-0.25, -0.2) is 4.98 Å². The van der Waals surface area contributed by atoms with Crippen molar-refractivity contribution in [3.05, 3.63) is 46.2 Å². The van der Waals surface area contributed by atoms with E-state index in [1.54, 1.807) is 13.2 Å². The maximum Gasteiger partial charge on any atom is 0.434 e. The second kappa shape index (κ2) is 7.54. The molecule has 0 aliphatic rings. The van der Waals surface area contributed by atoms with Crippen molar-refractivity contribution in [3.63, 3.8) is 0 Å². The van der Waals surface area contributed by atoms with Crippen LogP contribution in [0.3, 0.4) is 0 Å². The molecule has 23 heavy (non-hydrogen) atoms. The highest BCUT2D eigenvalue weighted by Crippen LogP contribution is 2.30. The molecular weight excluding hydrogens is 327 g/mol. The molecule has 0 radical (unpaired) electrons. The van der Waals surface area contributed by atoms with Gasteiger partial charge in [0.2, 0.25) is 5.91 Å². The highest BCUT2D eigenvalue weighted by molar-refractivity contribution is 7.09. The first-order valence-corrected chi connectivity index (χ1v) is 7.89. The zero-order valence-corrected chi connectivity index (χ0v) is 13.3. The van der Waals surface area contributed by atoms with E-state index in [0.29, 0.717) is 19.3 Å². The third kappa shape index (κ3) is 5.31. The van der Waals surface area contributed by atoms with E-state index < -0.39 is 11.9 Å². The number of carbonyl (C=O) groups is 1. The van der Waals surface area contributed by atoms with Crippen LogP contribution in [0.4, 0.5) is 13.2 Å². The molecule has 2 rings (SSSR count). The molecule has 2 aromatic heterocycles. The molecule has 8 heteroatoms. The molecule has 0 aliphatic carbocycles. The number of carbonyl (C=O) groups excluding carboxylic acids is 1. The largest absolute Gasteiger partial charge is 0.434 e. The molecule has 0 aromatic carbocycles. The second-order valence-electron chi connectivity index (χ2n) is 5.05. The minimum absolute atomic E-state index is 0.0865. The molecule has 0 spiro atoms. The molecular formula is C15H16F3N3OS. The summed E-state index contributed by atoms with van der Waals surface area (Å²) in [5.74, 6) is -0.121. The fourth-order valence-corrected chi connectivity index (χ4v) is 2.82. The first-order valence-electron chi connectivity index (χ1n) is 7.01. The van der Waals surface area contributed by atoms with Crippen molar-refractivity contribution in [1.82, 2.24) is 14.9 Å². The van der Waals surface area contributed by atoms with E-state index in [1.165, 1.54) is 4.90 Å². The average molecular weight is 343 g/mol. The summed E-state index contributed by atoms with van der Waals surface area (Å²) in [6.07, 6.45) is -1.09. The monoisotopic (exact) mass is 343 g/mol. The lowest BCUT2D eigenvalue weighted by Gasteiger charge is -2.15. The van der Waals surface area contributed by atoms with Crippen molar-refractivity contribution in [3.8, 4) is 0 Å². The third-order valence-electron chi connectivity index (χ3n) is 3.19. The third-order valence-corrected chi connectivity index (χ3v) is 4.02. The molecule has 0 fully saturated rings. The number of hydrogen-bond acceptors (Lipinski definition) is 4. The molecule has 0 unspecified atom stereocenters. The highest BCUT2D eigenvalue weighted by atomic mass is 32.1. The molecule has 124 valence electrons. The lowest BCUT2D eigenvalue weighted by Crippen LogP contribution is -2.26. The van der Waals surface area contributed by atoms with E-state index in [1.807, 2.05) is 18.2 Å². The second-order valence-corrected chi connectivity index (χ2v) is 5.99. The topological polar surface area (TPSA) is 46.1 Å². The number of nitrogens with zero attached hydrogens (tertiary/aromatic N) is 3. The Kier molecular flexibility index (Phi) is 5.70. The summed E-state index contributed by atoms with van der Waals surface area (Å²) in [5.41, 5.74) is 0.00574. The van der Waals surface area contributed by atoms with Gasteiger partial charge in [0, 0.05) is 30.7 Å². The van der Waals surface area contributed by atoms with Crippen LogP contribution in [0.5, 0.6) is 0 Å². The Morgan fingerprint density at radius 1 is 1.35 bits per heavy atom. The van der Waals surface area contributed by atoms with E-state index >= 15 is 0 Å². The Morgan fingerprint density at radius 2 is 2.13 bits per heavy atom. The molecule has 2 aromatic rings. The van der Waals surface area contributed by atoms with Crippen LogP contribution in [0.1, 0.15) is 29.2 Å². The minimum Gasteiger partial charge on any atom is -0.339 e. The standard InChI is InChI=1S/C15H16F3N3OS/c1-21(9-13-20-12(10-23-13)15(16,17)18)14(22)7-4-6-11-5-2-3-8-19-11/h2-3,5,8,10H,4,6-7,9H2,1H3. The van der Waals surface area contributed by atoms with E-state index in [2.05, 4.69) is 9.97 Å². The van der Waals surface area contributed by atoms with Crippen molar-refractivity contribution < 1.29 is 18.0 Å². The van der Waals surface area contributed by atoms with Crippen LogP contribution in [0.15, 0.2) is 29.8 Å². The van der Waals surface area contributed by atoms with Crippen molar-refractivity contribution >= 4 is 17.2 Å². The summed E-state index contributed by atoms with van der Waals surface area (Å²) in [4.78, 5) is 21.1. The van der Waals surface area contributed by atoms with E-state index in [-0.39, 0.29) is 17.5 Å². The van der Waals surface area contributed by atoms with Gasteiger partial charge in [-0.3, -0.25) is 9.78 Å². The van der Waals surface area contributed by atoms with Crippen LogP contribution in [0.2, 0.25) is 0 Å². The van der Waals surface area contributed by atoms with Crippen LogP contribution in [0.25, 0.3) is 0 Å². The van der Waals surface area contributed by atoms with E-state index in [4.69, 9.17) is 0 Å². The number of pyridine rings is 1. The van der Waals surface area contributed by atoms with Gasteiger partial charge in [-0.1, -0.05) is 6.07 Å². The smallest absolute Gasteiger partial charge is 0.339 e. The number of rotatable bonds is 6. The number of alkyl halides is 3. The normalized spacial score (nSPS) is 11.5. The molecule has 0 atom stereocenters. The predicted octanol–water partition coefficient (Wildman–Crippen LogP) is 3.54. The van der Waals surface area contributed by atoms with Crippen molar-refractivity contribution in [1.29, 1.82) is 0 Å². The van der Waals surface area contributed by atoms with Crippen LogP contribution in [-0.4, -0.2) is 27.8 Å². The van der Waals surface area contributed by atoms with Crippen LogP contribution < -0.4 is 0 Å². The Labute approximate surface area is 136 Å². The number of hydrogen-bond donors (Lipinski definition) is 0. The number of thiazole rings is 1. The zero-order chi connectivity index (χ0) is 16.9. The minimum atomic E-state index is -4.44. The number of halogens is 3. The maximum absolute atomic E-state index is 12.5. The van der Waals surface area contributed by atoms with Crippen molar-refractivity contribution in [2.24, 2.45) is 0 Å². The van der Waals surface area contributed by atoms with Gasteiger partial charge < -0.3 is 4.90 Å². The fourth-order valence-electron chi connectivity index (χ4n) is 1.96. The van der Waals surface area contributed by atoms with Gasteiger partial charge in [-0.15, -0.1) is 11.3 Å². The van der Waals surface area contributed by atoms with Crippen LogP contribution in [-0.2, 0) is 23.9 Å². The molecule has 0 aliphatic heterocycles. The molecule has 2 heterocycles. The summed E-state index contributed by atoms with van der Waals surface area (Å²) in [7, 11) is 1.57. The summed E-state index contributed by atoms with van der Waals surface area (Å²) in [6.45, 7) is 0.0865. The predicted molar refractivity (Wildman–Crippen MR) is 80.8 cm³/mol. The first kappa shape index (κ1) is 17.4. The summed E-state index contributed by atoms with van der Waals surface area (Å²) in [6, 6.07) is 5.60. The van der Waals surface area contributed by atoms with Gasteiger partial charge in [-0.2, -0.15) is 13.2 Å². The van der Waals surface area contributed by atoms with Gasteiger partial charge in [0.1, 0.15) is 5.01 Å². The molecule has 0 N–H and O–H groups in total. The van der Waals surface area contributed by atoms with Gasteiger partial charge in [-0.05, 0) is 25.0 Å². The van der Waals surface area contributed by atoms with Gasteiger partial charge in [0.25, 0.3) is 0 Å². The quantitative estimate of drug-likeness (QED) is 0.806. The van der Waals surface area contributed by atoms with Gasteiger partial charge in [0.05, 0.1) is 6.54 Å².